The standard InChI is InChI=1S/C24H26N4O6/c1-4-33-23(31)20-21(29)17-12-16(10-11-18(17)26-27-20)28(22(30)19(25)14(2)3)24(32)34-13-15-8-6-5-7-9-15/h5-12,14,19H,4,13,25H2,1-3H3,(H,26,29)/t19-/m0/s1. The summed E-state index contributed by atoms with van der Waals surface area (Å²) in [4.78, 5) is 51.9. The second-order valence-electron chi connectivity index (χ2n) is 7.84. The van der Waals surface area contributed by atoms with Crippen molar-refractivity contribution < 1.29 is 23.9 Å². The van der Waals surface area contributed by atoms with E-state index in [2.05, 4.69) is 10.2 Å². The number of ether oxygens (including phenoxy) is 2. The number of H-pyrrole nitrogens is 1. The van der Waals surface area contributed by atoms with Gasteiger partial charge in [0.1, 0.15) is 6.61 Å². The number of anilines is 1. The Balaban J connectivity index is 2.03. The quantitative estimate of drug-likeness (QED) is 0.506. The fourth-order valence-corrected chi connectivity index (χ4v) is 3.13. The van der Waals surface area contributed by atoms with Crippen LogP contribution in [0.15, 0.2) is 53.3 Å². The minimum Gasteiger partial charge on any atom is -0.461 e. The molecule has 0 aliphatic carbocycles. The molecule has 0 saturated carbocycles. The van der Waals surface area contributed by atoms with Crippen molar-refractivity contribution in [1.29, 1.82) is 0 Å². The van der Waals surface area contributed by atoms with Gasteiger partial charge in [-0.3, -0.25) is 14.7 Å². The van der Waals surface area contributed by atoms with Gasteiger partial charge >= 0.3 is 12.1 Å². The molecule has 3 N–H and O–H groups in total. The average molecular weight is 466 g/mol. The van der Waals surface area contributed by atoms with Crippen LogP contribution in [0.25, 0.3) is 10.9 Å². The summed E-state index contributed by atoms with van der Waals surface area (Å²) in [7, 11) is 0. The zero-order valence-corrected chi connectivity index (χ0v) is 19.1. The highest BCUT2D eigenvalue weighted by Gasteiger charge is 2.31. The maximum atomic E-state index is 13.1. The minimum atomic E-state index is -0.995. The van der Waals surface area contributed by atoms with Crippen LogP contribution in [0.1, 0.15) is 36.8 Å². The third kappa shape index (κ3) is 5.29. The van der Waals surface area contributed by atoms with E-state index in [1.807, 2.05) is 6.07 Å². The van der Waals surface area contributed by atoms with Crippen LogP contribution in [0.2, 0.25) is 0 Å². The number of hydrogen-bond acceptors (Lipinski definition) is 8. The van der Waals surface area contributed by atoms with Crippen LogP contribution in [0.5, 0.6) is 0 Å². The zero-order valence-electron chi connectivity index (χ0n) is 19.1. The molecule has 1 heterocycles. The number of benzene rings is 2. The summed E-state index contributed by atoms with van der Waals surface area (Å²) in [6.07, 6.45) is -0.944. The Kier molecular flexibility index (Phi) is 7.75. The molecule has 10 nitrogen and oxygen atoms in total. The molecule has 0 unspecified atom stereocenters. The molecule has 3 rings (SSSR count). The minimum absolute atomic E-state index is 0.0438. The van der Waals surface area contributed by atoms with Crippen LogP contribution in [-0.2, 0) is 20.9 Å². The van der Waals surface area contributed by atoms with E-state index >= 15 is 0 Å². The summed E-state index contributed by atoms with van der Waals surface area (Å²) in [6.45, 7) is 5.11. The second kappa shape index (κ2) is 10.7. The Bertz CT molecular complexity index is 1260. The lowest BCUT2D eigenvalue weighted by Crippen LogP contribution is -2.49. The van der Waals surface area contributed by atoms with Crippen molar-refractivity contribution in [2.24, 2.45) is 11.7 Å². The molecule has 1 aromatic heterocycles. The van der Waals surface area contributed by atoms with Crippen LogP contribution in [0, 0.1) is 5.92 Å². The van der Waals surface area contributed by atoms with Gasteiger partial charge in [-0.25, -0.2) is 14.5 Å². The van der Waals surface area contributed by atoms with Crippen molar-refractivity contribution in [1.82, 2.24) is 10.2 Å². The van der Waals surface area contributed by atoms with Gasteiger partial charge < -0.3 is 15.2 Å². The third-order valence-electron chi connectivity index (χ3n) is 5.09. The first-order chi connectivity index (χ1) is 16.2. The monoisotopic (exact) mass is 466 g/mol. The molecular weight excluding hydrogens is 440 g/mol. The fraction of sp³-hybridized carbons (Fsp3) is 0.292. The lowest BCUT2D eigenvalue weighted by atomic mass is 10.0. The van der Waals surface area contributed by atoms with Crippen LogP contribution in [0.3, 0.4) is 0 Å². The van der Waals surface area contributed by atoms with E-state index in [-0.39, 0.29) is 30.2 Å². The van der Waals surface area contributed by atoms with Crippen molar-refractivity contribution in [3.8, 4) is 0 Å². The number of aromatic nitrogens is 2. The van der Waals surface area contributed by atoms with Crippen LogP contribution in [-0.4, -0.2) is 40.8 Å². The van der Waals surface area contributed by atoms with E-state index in [4.69, 9.17) is 15.2 Å². The number of imide groups is 1. The van der Waals surface area contributed by atoms with Crippen molar-refractivity contribution in [3.63, 3.8) is 0 Å². The summed E-state index contributed by atoms with van der Waals surface area (Å²) in [5, 5.41) is 6.44. The highest BCUT2D eigenvalue weighted by Crippen LogP contribution is 2.22. The number of nitrogens with two attached hydrogens (primary N) is 1. The molecule has 2 aromatic carbocycles. The van der Waals surface area contributed by atoms with E-state index in [9.17, 15) is 19.2 Å². The Morgan fingerprint density at radius 1 is 1.09 bits per heavy atom. The van der Waals surface area contributed by atoms with Crippen molar-refractivity contribution in [2.75, 3.05) is 11.5 Å². The number of nitrogens with zero attached hydrogens (tertiary/aromatic N) is 2. The number of esters is 1. The van der Waals surface area contributed by atoms with Gasteiger partial charge in [0.15, 0.2) is 0 Å². The molecule has 0 saturated heterocycles. The largest absolute Gasteiger partial charge is 0.461 e. The van der Waals surface area contributed by atoms with Crippen LogP contribution < -0.4 is 16.1 Å². The average Bonchev–Trinajstić information content (AvgIpc) is 2.83. The van der Waals surface area contributed by atoms with Gasteiger partial charge in [-0.05, 0) is 36.6 Å². The van der Waals surface area contributed by atoms with E-state index < -0.39 is 35.1 Å². The Labute approximate surface area is 195 Å². The third-order valence-corrected chi connectivity index (χ3v) is 5.09. The maximum Gasteiger partial charge on any atom is 0.421 e. The lowest BCUT2D eigenvalue weighted by molar-refractivity contribution is -0.120. The van der Waals surface area contributed by atoms with E-state index in [1.54, 1.807) is 45.0 Å². The summed E-state index contributed by atoms with van der Waals surface area (Å²) in [5.74, 6) is -1.84. The van der Waals surface area contributed by atoms with Gasteiger partial charge in [0, 0.05) is 0 Å². The number of carbonyl (C=O) groups is 3. The van der Waals surface area contributed by atoms with Crippen molar-refractivity contribution in [2.45, 2.75) is 33.4 Å². The molecule has 1 atom stereocenters. The molecule has 0 spiro atoms. The number of aromatic amines is 1. The molecule has 0 aliphatic heterocycles. The molecule has 0 bridgehead atoms. The summed E-state index contributed by atoms with van der Waals surface area (Å²) >= 11 is 0. The first-order valence-corrected chi connectivity index (χ1v) is 10.7. The van der Waals surface area contributed by atoms with E-state index in [1.165, 1.54) is 18.2 Å². The Morgan fingerprint density at radius 3 is 2.44 bits per heavy atom. The molecule has 2 amide bonds. The summed E-state index contributed by atoms with van der Waals surface area (Å²) in [5.41, 5.74) is 6.01. The molecule has 3 aromatic rings. The number of amides is 2. The maximum absolute atomic E-state index is 13.1. The molecule has 0 aliphatic rings. The highest BCUT2D eigenvalue weighted by molar-refractivity contribution is 6.15. The summed E-state index contributed by atoms with van der Waals surface area (Å²) in [6, 6.07) is 12.2. The van der Waals surface area contributed by atoms with Gasteiger partial charge in [-0.1, -0.05) is 44.2 Å². The summed E-state index contributed by atoms with van der Waals surface area (Å²) < 4.78 is 10.2. The first kappa shape index (κ1) is 24.6. The van der Waals surface area contributed by atoms with E-state index in [0.717, 1.165) is 10.5 Å². The number of rotatable bonds is 7. The molecule has 178 valence electrons. The molecule has 34 heavy (non-hydrogen) atoms. The van der Waals surface area contributed by atoms with Gasteiger partial charge in [0.05, 0.1) is 29.2 Å². The Morgan fingerprint density at radius 2 is 1.79 bits per heavy atom. The van der Waals surface area contributed by atoms with Crippen molar-refractivity contribution >= 4 is 34.6 Å². The second-order valence-corrected chi connectivity index (χ2v) is 7.84. The molecule has 0 fully saturated rings. The van der Waals surface area contributed by atoms with Gasteiger partial charge in [-0.15, -0.1) is 0 Å². The SMILES string of the molecule is CCOC(=O)c1n[nH]c2ccc(N(C(=O)OCc3ccccc3)C(=O)[C@@H](N)C(C)C)cc2c1=O. The molecular formula is C24H26N4O6. The highest BCUT2D eigenvalue weighted by atomic mass is 16.6. The Hall–Kier alpha value is -4.05. The lowest BCUT2D eigenvalue weighted by Gasteiger charge is -2.25. The van der Waals surface area contributed by atoms with Crippen molar-refractivity contribution in [3.05, 3.63) is 70.0 Å². The number of carbonyl (C=O) groups excluding carboxylic acids is 3. The predicted molar refractivity (Wildman–Crippen MR) is 125 cm³/mol. The predicted octanol–water partition coefficient (Wildman–Crippen LogP) is 2.75. The van der Waals surface area contributed by atoms with E-state index in [0.29, 0.717) is 5.52 Å². The normalized spacial score (nSPS) is 11.8. The van der Waals surface area contributed by atoms with Gasteiger partial charge in [-0.2, -0.15) is 5.10 Å². The topological polar surface area (TPSA) is 145 Å². The smallest absolute Gasteiger partial charge is 0.421 e. The molecule has 0 radical (unpaired) electrons. The van der Waals surface area contributed by atoms with Gasteiger partial charge in [0.2, 0.25) is 11.1 Å². The zero-order chi connectivity index (χ0) is 24.8. The first-order valence-electron chi connectivity index (χ1n) is 10.7. The number of hydrogen-bond donors (Lipinski definition) is 2. The number of nitrogens with one attached hydrogen (secondary N) is 1. The van der Waals surface area contributed by atoms with Crippen LogP contribution >= 0.6 is 0 Å². The molecule has 10 heteroatoms. The fourth-order valence-electron chi connectivity index (χ4n) is 3.13. The van der Waals surface area contributed by atoms with Crippen LogP contribution in [0.4, 0.5) is 10.5 Å². The number of fused-ring (bicyclic) bond motifs is 1. The van der Waals surface area contributed by atoms with Gasteiger partial charge in [0.25, 0.3) is 5.91 Å².